The third kappa shape index (κ3) is 4.77. The van der Waals surface area contributed by atoms with Gasteiger partial charge in [0.25, 0.3) is 0 Å². The number of piperidine rings is 1. The lowest BCUT2D eigenvalue weighted by atomic mass is 9.97. The van der Waals surface area contributed by atoms with Crippen molar-refractivity contribution in [2.45, 2.75) is 70.7 Å². The number of fused-ring (bicyclic) bond motifs is 1. The minimum Gasteiger partial charge on any atom is -0.343 e. The van der Waals surface area contributed by atoms with Crippen LogP contribution in [0.2, 0.25) is 0 Å². The molecule has 158 valence electrons. The first-order valence-electron chi connectivity index (χ1n) is 10.6. The maximum atomic E-state index is 13.2. The van der Waals surface area contributed by atoms with Crippen molar-refractivity contribution >= 4 is 34.6 Å². The van der Waals surface area contributed by atoms with Gasteiger partial charge in [-0.15, -0.1) is 0 Å². The first-order chi connectivity index (χ1) is 14.0. The molecule has 2 unspecified atom stereocenters. The van der Waals surface area contributed by atoms with Gasteiger partial charge >= 0.3 is 0 Å². The molecule has 7 heteroatoms. The van der Waals surface area contributed by atoms with Crippen LogP contribution in [0.25, 0.3) is 11.0 Å². The number of nitrogens with zero attached hydrogens (tertiary/aromatic N) is 4. The van der Waals surface area contributed by atoms with Gasteiger partial charge in [0.15, 0.2) is 5.16 Å². The zero-order valence-electron chi connectivity index (χ0n) is 17.9. The molecule has 6 nitrogen and oxygen atoms in total. The van der Waals surface area contributed by atoms with E-state index >= 15 is 0 Å². The predicted molar refractivity (Wildman–Crippen MR) is 118 cm³/mol. The molecule has 1 aromatic carbocycles. The van der Waals surface area contributed by atoms with Crippen molar-refractivity contribution in [3.63, 3.8) is 0 Å². The third-order valence-electron chi connectivity index (χ3n) is 5.84. The number of likely N-dealkylation sites (tertiary alicyclic amines) is 1. The number of carbonyl (C=O) groups is 2. The van der Waals surface area contributed by atoms with Gasteiger partial charge in [-0.2, -0.15) is 0 Å². The number of benzene rings is 1. The molecule has 1 saturated heterocycles. The second-order valence-corrected chi connectivity index (χ2v) is 8.70. The minimum atomic E-state index is 0.100. The summed E-state index contributed by atoms with van der Waals surface area (Å²) in [7, 11) is 0. The van der Waals surface area contributed by atoms with Crippen LogP contribution in [0.15, 0.2) is 29.4 Å². The SMILES string of the molecule is CCN(CC)C(=O)CSc1nc2ccccc2n1CC(=O)N1C(C)CCCC1C. The molecule has 0 bridgehead atoms. The summed E-state index contributed by atoms with van der Waals surface area (Å²) < 4.78 is 1.98. The first-order valence-corrected chi connectivity index (χ1v) is 11.6. The molecule has 2 heterocycles. The summed E-state index contributed by atoms with van der Waals surface area (Å²) in [6.07, 6.45) is 3.29. The normalized spacial score (nSPS) is 19.5. The Labute approximate surface area is 177 Å². The summed E-state index contributed by atoms with van der Waals surface area (Å²) in [5.41, 5.74) is 1.80. The van der Waals surface area contributed by atoms with Gasteiger partial charge in [-0.25, -0.2) is 4.98 Å². The Morgan fingerprint density at radius 3 is 2.45 bits per heavy atom. The Kier molecular flexibility index (Phi) is 7.22. The van der Waals surface area contributed by atoms with Crippen LogP contribution in [0.5, 0.6) is 0 Å². The molecule has 0 spiro atoms. The fraction of sp³-hybridized carbons (Fsp3) is 0.591. The number of hydrogen-bond acceptors (Lipinski definition) is 4. The Bertz CT molecular complexity index is 852. The van der Waals surface area contributed by atoms with Crippen LogP contribution in [0.3, 0.4) is 0 Å². The molecule has 1 fully saturated rings. The molecule has 3 rings (SSSR count). The van der Waals surface area contributed by atoms with E-state index in [2.05, 4.69) is 13.8 Å². The fourth-order valence-electron chi connectivity index (χ4n) is 4.24. The highest BCUT2D eigenvalue weighted by molar-refractivity contribution is 7.99. The van der Waals surface area contributed by atoms with Crippen LogP contribution in [0.4, 0.5) is 0 Å². The Balaban J connectivity index is 1.83. The van der Waals surface area contributed by atoms with Crippen molar-refractivity contribution in [1.82, 2.24) is 19.4 Å². The Hall–Kier alpha value is -2.02. The van der Waals surface area contributed by atoms with E-state index in [1.54, 1.807) is 0 Å². The fourth-order valence-corrected chi connectivity index (χ4v) is 5.16. The summed E-state index contributed by atoms with van der Waals surface area (Å²) in [6, 6.07) is 8.40. The predicted octanol–water partition coefficient (Wildman–Crippen LogP) is 3.79. The summed E-state index contributed by atoms with van der Waals surface area (Å²) in [5, 5.41) is 0.734. The molecule has 1 aliphatic heterocycles. The topological polar surface area (TPSA) is 58.4 Å². The smallest absolute Gasteiger partial charge is 0.243 e. The molecule has 1 aromatic heterocycles. The summed E-state index contributed by atoms with van der Waals surface area (Å²) in [6.45, 7) is 9.92. The number of rotatable bonds is 7. The summed E-state index contributed by atoms with van der Waals surface area (Å²) in [5.74, 6) is 0.559. The van der Waals surface area contributed by atoms with Gasteiger partial charge < -0.3 is 14.4 Å². The van der Waals surface area contributed by atoms with Gasteiger partial charge in [0, 0.05) is 25.2 Å². The molecule has 0 saturated carbocycles. The van der Waals surface area contributed by atoms with Crippen LogP contribution in [0.1, 0.15) is 47.0 Å². The van der Waals surface area contributed by atoms with Crippen LogP contribution < -0.4 is 0 Å². The average Bonchev–Trinajstić information content (AvgIpc) is 3.04. The van der Waals surface area contributed by atoms with Crippen molar-refractivity contribution in [3.8, 4) is 0 Å². The number of hydrogen-bond donors (Lipinski definition) is 0. The number of carbonyl (C=O) groups excluding carboxylic acids is 2. The number of aromatic nitrogens is 2. The molecule has 0 radical (unpaired) electrons. The maximum absolute atomic E-state index is 13.2. The van der Waals surface area contributed by atoms with Crippen molar-refractivity contribution < 1.29 is 9.59 Å². The lowest BCUT2D eigenvalue weighted by Gasteiger charge is -2.39. The van der Waals surface area contributed by atoms with E-state index in [-0.39, 0.29) is 30.4 Å². The lowest BCUT2D eigenvalue weighted by Crippen LogP contribution is -2.48. The van der Waals surface area contributed by atoms with Crippen LogP contribution in [-0.2, 0) is 16.1 Å². The summed E-state index contributed by atoms with van der Waals surface area (Å²) in [4.78, 5) is 34.2. The number of para-hydroxylation sites is 2. The van der Waals surface area contributed by atoms with Crippen molar-refractivity contribution in [2.75, 3.05) is 18.8 Å². The standard InChI is InChI=1S/C22H32N4O2S/c1-5-24(6-2)21(28)15-29-22-23-18-12-7-8-13-19(18)25(22)14-20(27)26-16(3)10-9-11-17(26)4/h7-8,12-13,16-17H,5-6,9-11,14-15H2,1-4H3. The molecule has 2 amide bonds. The van der Waals surface area contributed by atoms with E-state index in [4.69, 9.17) is 4.98 Å². The zero-order valence-corrected chi connectivity index (χ0v) is 18.7. The van der Waals surface area contributed by atoms with Gasteiger partial charge in [-0.3, -0.25) is 9.59 Å². The van der Waals surface area contributed by atoms with Crippen molar-refractivity contribution in [3.05, 3.63) is 24.3 Å². The van der Waals surface area contributed by atoms with Crippen LogP contribution >= 0.6 is 11.8 Å². The number of amides is 2. The van der Waals surface area contributed by atoms with Crippen molar-refractivity contribution in [2.24, 2.45) is 0 Å². The molecular weight excluding hydrogens is 384 g/mol. The largest absolute Gasteiger partial charge is 0.343 e. The summed E-state index contributed by atoms with van der Waals surface area (Å²) >= 11 is 1.42. The van der Waals surface area contributed by atoms with E-state index in [1.807, 2.05) is 52.5 Å². The number of imidazole rings is 1. The average molecular weight is 417 g/mol. The molecule has 2 aromatic rings. The maximum Gasteiger partial charge on any atom is 0.243 e. The van der Waals surface area contributed by atoms with Crippen LogP contribution in [0, 0.1) is 0 Å². The molecule has 1 aliphatic rings. The molecule has 29 heavy (non-hydrogen) atoms. The minimum absolute atomic E-state index is 0.100. The lowest BCUT2D eigenvalue weighted by molar-refractivity contribution is -0.138. The third-order valence-corrected chi connectivity index (χ3v) is 6.80. The van der Waals surface area contributed by atoms with Crippen molar-refractivity contribution in [1.29, 1.82) is 0 Å². The van der Waals surface area contributed by atoms with Gasteiger partial charge in [0.2, 0.25) is 11.8 Å². The van der Waals surface area contributed by atoms with Gasteiger partial charge in [0.05, 0.1) is 16.8 Å². The quantitative estimate of drug-likeness (QED) is 0.645. The van der Waals surface area contributed by atoms with Gasteiger partial charge in [-0.05, 0) is 59.1 Å². The molecule has 0 aliphatic carbocycles. The molecule has 0 N–H and O–H groups in total. The molecule has 2 atom stereocenters. The van der Waals surface area contributed by atoms with E-state index in [0.29, 0.717) is 18.8 Å². The van der Waals surface area contributed by atoms with E-state index < -0.39 is 0 Å². The highest BCUT2D eigenvalue weighted by Gasteiger charge is 2.29. The van der Waals surface area contributed by atoms with Gasteiger partial charge in [0.1, 0.15) is 6.54 Å². The number of thioether (sulfide) groups is 1. The van der Waals surface area contributed by atoms with E-state index in [9.17, 15) is 9.59 Å². The second-order valence-electron chi connectivity index (χ2n) is 7.75. The van der Waals surface area contributed by atoms with Crippen LogP contribution in [-0.4, -0.2) is 62.1 Å². The second kappa shape index (κ2) is 9.65. The van der Waals surface area contributed by atoms with E-state index in [1.165, 1.54) is 18.2 Å². The van der Waals surface area contributed by atoms with E-state index in [0.717, 1.165) is 29.0 Å². The monoisotopic (exact) mass is 416 g/mol. The Morgan fingerprint density at radius 2 is 1.79 bits per heavy atom. The van der Waals surface area contributed by atoms with Gasteiger partial charge in [-0.1, -0.05) is 23.9 Å². The zero-order chi connectivity index (χ0) is 21.0. The Morgan fingerprint density at radius 1 is 1.14 bits per heavy atom. The highest BCUT2D eigenvalue weighted by atomic mass is 32.2. The first kappa shape index (κ1) is 21.7. The molecular formula is C22H32N4O2S. The highest BCUT2D eigenvalue weighted by Crippen LogP contribution is 2.27.